The SMILES string of the molecule is O=c1ncccn1CCN1CC2CN(c3cc(-n4cccn4)ncn3)CC2C1. The normalized spacial score (nSPS) is 21.9. The highest BCUT2D eigenvalue weighted by Crippen LogP contribution is 2.33. The molecule has 144 valence electrons. The van der Waals surface area contributed by atoms with Gasteiger partial charge in [0.05, 0.1) is 0 Å². The fourth-order valence-electron chi connectivity index (χ4n) is 4.31. The number of fused-ring (bicyclic) bond motifs is 1. The number of hydrogen-bond acceptors (Lipinski definition) is 7. The Morgan fingerprint density at radius 1 is 0.893 bits per heavy atom. The average molecular weight is 378 g/mol. The summed E-state index contributed by atoms with van der Waals surface area (Å²) in [5.41, 5.74) is -0.176. The first kappa shape index (κ1) is 17.1. The van der Waals surface area contributed by atoms with Crippen LogP contribution in [-0.2, 0) is 6.54 Å². The number of hydrogen-bond donors (Lipinski definition) is 0. The van der Waals surface area contributed by atoms with Gasteiger partial charge in [-0.1, -0.05) is 0 Å². The number of rotatable bonds is 5. The highest BCUT2D eigenvalue weighted by Gasteiger charge is 2.40. The molecular formula is C19H22N8O. The lowest BCUT2D eigenvalue weighted by Gasteiger charge is -2.22. The molecule has 0 aliphatic carbocycles. The van der Waals surface area contributed by atoms with Gasteiger partial charge in [0.15, 0.2) is 5.82 Å². The molecule has 2 unspecified atom stereocenters. The van der Waals surface area contributed by atoms with Crippen LogP contribution in [0.1, 0.15) is 0 Å². The Morgan fingerprint density at radius 3 is 2.43 bits per heavy atom. The van der Waals surface area contributed by atoms with E-state index >= 15 is 0 Å². The quantitative estimate of drug-likeness (QED) is 0.631. The van der Waals surface area contributed by atoms with Crippen molar-refractivity contribution in [2.75, 3.05) is 37.6 Å². The van der Waals surface area contributed by atoms with E-state index in [1.165, 1.54) is 0 Å². The van der Waals surface area contributed by atoms with Crippen molar-refractivity contribution in [2.24, 2.45) is 11.8 Å². The summed E-state index contributed by atoms with van der Waals surface area (Å²) in [5, 5.41) is 4.25. The van der Waals surface area contributed by atoms with Gasteiger partial charge in [0.1, 0.15) is 12.1 Å². The highest BCUT2D eigenvalue weighted by molar-refractivity contribution is 5.44. The summed E-state index contributed by atoms with van der Waals surface area (Å²) in [4.78, 5) is 29.2. The molecular weight excluding hydrogens is 356 g/mol. The standard InChI is InChI=1S/C19H22N8O/c28-19-20-3-1-5-25(19)8-7-24-10-15-12-26(13-16(15)11-24)17-9-18(22-14-21-17)27-6-2-4-23-27/h1-6,9,14-16H,7-8,10-13H2. The van der Waals surface area contributed by atoms with Gasteiger partial charge in [-0.3, -0.25) is 4.57 Å². The van der Waals surface area contributed by atoms with Gasteiger partial charge < -0.3 is 9.80 Å². The van der Waals surface area contributed by atoms with Crippen molar-refractivity contribution in [3.05, 3.63) is 59.8 Å². The summed E-state index contributed by atoms with van der Waals surface area (Å²) in [6, 6.07) is 5.69. The molecule has 2 aliphatic heterocycles. The van der Waals surface area contributed by atoms with Crippen LogP contribution in [0.3, 0.4) is 0 Å². The van der Waals surface area contributed by atoms with Crippen molar-refractivity contribution in [1.82, 2.24) is 34.2 Å². The van der Waals surface area contributed by atoms with Gasteiger partial charge in [-0.2, -0.15) is 5.10 Å². The third-order valence-corrected chi connectivity index (χ3v) is 5.70. The third-order valence-electron chi connectivity index (χ3n) is 5.70. The number of anilines is 1. The maximum Gasteiger partial charge on any atom is 0.347 e. The summed E-state index contributed by atoms with van der Waals surface area (Å²) in [6.45, 7) is 5.71. The smallest absolute Gasteiger partial charge is 0.347 e. The molecule has 9 nitrogen and oxygen atoms in total. The highest BCUT2D eigenvalue weighted by atomic mass is 16.1. The predicted octanol–water partition coefficient (Wildman–Crippen LogP) is 0.287. The Hall–Kier alpha value is -3.07. The Kier molecular flexibility index (Phi) is 4.36. The Bertz CT molecular complexity index is 987. The van der Waals surface area contributed by atoms with Crippen LogP contribution in [0.2, 0.25) is 0 Å². The minimum atomic E-state index is -0.176. The Balaban J connectivity index is 1.20. The summed E-state index contributed by atoms with van der Waals surface area (Å²) in [6.07, 6.45) is 8.59. The molecule has 0 bridgehead atoms. The van der Waals surface area contributed by atoms with Crippen LogP contribution >= 0.6 is 0 Å². The summed E-state index contributed by atoms with van der Waals surface area (Å²) in [7, 11) is 0. The maximum absolute atomic E-state index is 11.7. The number of aromatic nitrogens is 6. The molecule has 0 N–H and O–H groups in total. The monoisotopic (exact) mass is 378 g/mol. The van der Waals surface area contributed by atoms with Crippen molar-refractivity contribution < 1.29 is 0 Å². The lowest BCUT2D eigenvalue weighted by atomic mass is 10.0. The van der Waals surface area contributed by atoms with E-state index in [9.17, 15) is 4.79 Å². The van der Waals surface area contributed by atoms with E-state index in [0.29, 0.717) is 18.4 Å². The largest absolute Gasteiger partial charge is 0.356 e. The fourth-order valence-corrected chi connectivity index (χ4v) is 4.31. The van der Waals surface area contributed by atoms with E-state index in [0.717, 1.165) is 44.4 Å². The second kappa shape index (κ2) is 7.16. The van der Waals surface area contributed by atoms with Crippen LogP contribution in [0.15, 0.2) is 54.1 Å². The van der Waals surface area contributed by atoms with Gasteiger partial charge >= 0.3 is 5.69 Å². The van der Waals surface area contributed by atoms with Crippen molar-refractivity contribution >= 4 is 5.82 Å². The number of nitrogens with zero attached hydrogens (tertiary/aromatic N) is 8. The Labute approximate surface area is 162 Å². The minimum Gasteiger partial charge on any atom is -0.356 e. The fraction of sp³-hybridized carbons (Fsp3) is 0.421. The Morgan fingerprint density at radius 2 is 1.68 bits per heavy atom. The molecule has 5 heterocycles. The lowest BCUT2D eigenvalue weighted by molar-refractivity contribution is 0.300. The van der Waals surface area contributed by atoms with Gasteiger partial charge in [-0.05, 0) is 24.0 Å². The molecule has 2 fully saturated rings. The lowest BCUT2D eigenvalue weighted by Crippen LogP contribution is -2.33. The van der Waals surface area contributed by atoms with Crippen LogP contribution in [-0.4, -0.2) is 66.9 Å². The molecule has 9 heteroatoms. The first-order chi connectivity index (χ1) is 13.8. The van der Waals surface area contributed by atoms with Gasteiger partial charge in [0.25, 0.3) is 0 Å². The second-order valence-corrected chi connectivity index (χ2v) is 7.47. The van der Waals surface area contributed by atoms with E-state index in [4.69, 9.17) is 0 Å². The molecule has 2 aliphatic rings. The van der Waals surface area contributed by atoms with E-state index in [2.05, 4.69) is 29.9 Å². The minimum absolute atomic E-state index is 0.176. The first-order valence-electron chi connectivity index (χ1n) is 9.57. The molecule has 0 amide bonds. The van der Waals surface area contributed by atoms with Crippen LogP contribution in [0.25, 0.3) is 5.82 Å². The van der Waals surface area contributed by atoms with Crippen molar-refractivity contribution in [3.8, 4) is 5.82 Å². The molecule has 5 rings (SSSR count). The van der Waals surface area contributed by atoms with Crippen LogP contribution in [0, 0.1) is 11.8 Å². The summed E-state index contributed by atoms with van der Waals surface area (Å²) in [5.74, 6) is 3.02. The molecule has 2 saturated heterocycles. The molecule has 28 heavy (non-hydrogen) atoms. The first-order valence-corrected chi connectivity index (χ1v) is 9.57. The summed E-state index contributed by atoms with van der Waals surface area (Å²) >= 11 is 0. The van der Waals surface area contributed by atoms with E-state index in [1.54, 1.807) is 40.2 Å². The van der Waals surface area contributed by atoms with Crippen molar-refractivity contribution in [2.45, 2.75) is 6.54 Å². The second-order valence-electron chi connectivity index (χ2n) is 7.47. The maximum atomic E-state index is 11.7. The van der Waals surface area contributed by atoms with Crippen LogP contribution in [0.4, 0.5) is 5.82 Å². The average Bonchev–Trinajstić information content (AvgIpc) is 3.44. The molecule has 0 saturated carbocycles. The van der Waals surface area contributed by atoms with Gasteiger partial charge in [0, 0.05) is 70.1 Å². The zero-order chi connectivity index (χ0) is 18.9. The molecule has 3 aromatic rings. The van der Waals surface area contributed by atoms with E-state index in [1.807, 2.05) is 18.3 Å². The molecule has 2 atom stereocenters. The predicted molar refractivity (Wildman–Crippen MR) is 103 cm³/mol. The third kappa shape index (κ3) is 3.29. The summed E-state index contributed by atoms with van der Waals surface area (Å²) < 4.78 is 3.43. The molecule has 0 radical (unpaired) electrons. The van der Waals surface area contributed by atoms with E-state index in [-0.39, 0.29) is 5.69 Å². The molecule has 0 aromatic carbocycles. The zero-order valence-corrected chi connectivity index (χ0v) is 15.5. The van der Waals surface area contributed by atoms with Gasteiger partial charge in [0.2, 0.25) is 0 Å². The van der Waals surface area contributed by atoms with Crippen molar-refractivity contribution in [3.63, 3.8) is 0 Å². The topological polar surface area (TPSA) is 85.0 Å². The zero-order valence-electron chi connectivity index (χ0n) is 15.5. The molecule has 0 spiro atoms. The number of likely N-dealkylation sites (tertiary alicyclic amines) is 1. The van der Waals surface area contributed by atoms with Crippen LogP contribution in [0.5, 0.6) is 0 Å². The van der Waals surface area contributed by atoms with Gasteiger partial charge in [-0.15, -0.1) is 0 Å². The van der Waals surface area contributed by atoms with Gasteiger partial charge in [-0.25, -0.2) is 24.4 Å². The molecule has 3 aromatic heterocycles. The van der Waals surface area contributed by atoms with E-state index < -0.39 is 0 Å². The van der Waals surface area contributed by atoms with Crippen LogP contribution < -0.4 is 10.6 Å². The van der Waals surface area contributed by atoms with Crippen molar-refractivity contribution in [1.29, 1.82) is 0 Å².